The number of aliphatic hydroxyl groups is 1. The maximum atomic E-state index is 13.8. The van der Waals surface area contributed by atoms with Crippen LogP contribution >= 0.6 is 11.6 Å². The Bertz CT molecular complexity index is 1270. The quantitative estimate of drug-likeness (QED) is 0.372. The largest absolute Gasteiger partial charge is 0.444 e. The monoisotopic (exact) mass is 539 g/mol. The lowest BCUT2D eigenvalue weighted by Gasteiger charge is -2.40. The number of carbonyl (C=O) groups is 1. The van der Waals surface area contributed by atoms with Gasteiger partial charge in [-0.15, -0.1) is 0 Å². The summed E-state index contributed by atoms with van der Waals surface area (Å²) in [6.07, 6.45) is 0.368. The predicted molar refractivity (Wildman–Crippen MR) is 148 cm³/mol. The highest BCUT2D eigenvalue weighted by molar-refractivity contribution is 6.31. The molecule has 1 saturated heterocycles. The topological polar surface area (TPSA) is 74.7 Å². The molecule has 4 rings (SSSR count). The molecule has 6 nitrogen and oxygen atoms in total. The standard InChI is InChI=1S/C30H35ClFN3O3/c1-29(2,3)38-28(36)33-19-30(4,37)27-16-22(15-26(34-27)21-10-11-25(32)24(31)14-21)23-17-35(18-23)13-12-20-8-6-5-7-9-20/h5-11,14-16,23,37H,12-13,17-19H2,1-4H3,(H,33,36). The van der Waals surface area contributed by atoms with Crippen LogP contribution in [0, 0.1) is 5.82 Å². The van der Waals surface area contributed by atoms with Crippen molar-refractivity contribution in [1.29, 1.82) is 0 Å². The van der Waals surface area contributed by atoms with Crippen LogP contribution in [-0.2, 0) is 16.8 Å². The van der Waals surface area contributed by atoms with Crippen LogP contribution in [0.5, 0.6) is 0 Å². The number of carbonyl (C=O) groups excluding carboxylic acids is 1. The molecule has 1 amide bonds. The molecular formula is C30H35ClFN3O3. The molecule has 1 aromatic heterocycles. The molecule has 0 aliphatic carbocycles. The number of likely N-dealkylation sites (tertiary alicyclic amines) is 1. The fourth-order valence-electron chi connectivity index (χ4n) is 4.41. The van der Waals surface area contributed by atoms with Crippen LogP contribution in [0.2, 0.25) is 5.02 Å². The Kier molecular flexibility index (Phi) is 8.40. The lowest BCUT2D eigenvalue weighted by Crippen LogP contribution is -2.46. The molecule has 1 aliphatic heterocycles. The van der Waals surface area contributed by atoms with E-state index in [-0.39, 0.29) is 17.5 Å². The molecule has 1 fully saturated rings. The summed E-state index contributed by atoms with van der Waals surface area (Å²) >= 11 is 6.06. The van der Waals surface area contributed by atoms with Gasteiger partial charge in [-0.1, -0.05) is 41.9 Å². The predicted octanol–water partition coefficient (Wildman–Crippen LogP) is 5.92. The molecule has 2 aromatic carbocycles. The van der Waals surface area contributed by atoms with Crippen molar-refractivity contribution < 1.29 is 19.0 Å². The molecule has 1 atom stereocenters. The van der Waals surface area contributed by atoms with E-state index in [2.05, 4.69) is 34.5 Å². The van der Waals surface area contributed by atoms with Gasteiger partial charge >= 0.3 is 6.09 Å². The number of hydrogen-bond donors (Lipinski definition) is 2. The van der Waals surface area contributed by atoms with Crippen LogP contribution in [-0.4, -0.2) is 52.9 Å². The molecule has 1 aliphatic rings. The van der Waals surface area contributed by atoms with E-state index in [0.717, 1.165) is 31.6 Å². The molecular weight excluding hydrogens is 505 g/mol. The van der Waals surface area contributed by atoms with E-state index in [4.69, 9.17) is 21.3 Å². The van der Waals surface area contributed by atoms with Gasteiger partial charge in [-0.3, -0.25) is 0 Å². The van der Waals surface area contributed by atoms with Crippen LogP contribution < -0.4 is 5.32 Å². The van der Waals surface area contributed by atoms with Gasteiger partial charge in [0.05, 0.1) is 23.0 Å². The number of alkyl carbamates (subject to hydrolysis) is 1. The number of pyridine rings is 1. The first-order chi connectivity index (χ1) is 17.9. The van der Waals surface area contributed by atoms with Gasteiger partial charge < -0.3 is 20.1 Å². The highest BCUT2D eigenvalue weighted by Gasteiger charge is 2.32. The van der Waals surface area contributed by atoms with Gasteiger partial charge in [0.15, 0.2) is 0 Å². The summed E-state index contributed by atoms with van der Waals surface area (Å²) in [6, 6.07) is 18.7. The molecule has 202 valence electrons. The molecule has 2 N–H and O–H groups in total. The first-order valence-electron chi connectivity index (χ1n) is 12.8. The Morgan fingerprint density at radius 1 is 1.13 bits per heavy atom. The zero-order valence-corrected chi connectivity index (χ0v) is 23.1. The van der Waals surface area contributed by atoms with E-state index in [1.165, 1.54) is 17.7 Å². The lowest BCUT2D eigenvalue weighted by atomic mass is 9.88. The summed E-state index contributed by atoms with van der Waals surface area (Å²) in [5, 5.41) is 14.0. The van der Waals surface area contributed by atoms with Gasteiger partial charge in [0.1, 0.15) is 17.0 Å². The fraction of sp³-hybridized carbons (Fsp3) is 0.400. The van der Waals surface area contributed by atoms with E-state index in [0.29, 0.717) is 17.0 Å². The van der Waals surface area contributed by atoms with Crippen LogP contribution in [0.25, 0.3) is 11.3 Å². The molecule has 8 heteroatoms. The summed E-state index contributed by atoms with van der Waals surface area (Å²) in [5.74, 6) is -0.245. The number of nitrogens with zero attached hydrogens (tertiary/aromatic N) is 2. The van der Waals surface area contributed by atoms with Crippen LogP contribution in [0.4, 0.5) is 9.18 Å². The van der Waals surface area contributed by atoms with Crippen LogP contribution in [0.3, 0.4) is 0 Å². The van der Waals surface area contributed by atoms with E-state index in [1.54, 1.807) is 33.8 Å². The Labute approximate surface area is 228 Å². The minimum Gasteiger partial charge on any atom is -0.444 e. The van der Waals surface area contributed by atoms with Crippen molar-refractivity contribution in [2.24, 2.45) is 0 Å². The van der Waals surface area contributed by atoms with Crippen LogP contribution in [0.1, 0.15) is 50.4 Å². The number of hydrogen-bond acceptors (Lipinski definition) is 5. The van der Waals surface area contributed by atoms with Gasteiger partial charge in [-0.2, -0.15) is 0 Å². The van der Waals surface area contributed by atoms with Crippen LogP contribution in [0.15, 0.2) is 60.7 Å². The summed E-state index contributed by atoms with van der Waals surface area (Å²) in [5.41, 5.74) is 1.85. The Morgan fingerprint density at radius 2 is 1.84 bits per heavy atom. The first-order valence-corrected chi connectivity index (χ1v) is 13.2. The maximum Gasteiger partial charge on any atom is 0.407 e. The van der Waals surface area contributed by atoms with Gasteiger partial charge in [0.2, 0.25) is 0 Å². The Balaban J connectivity index is 1.53. The highest BCUT2D eigenvalue weighted by Crippen LogP contribution is 2.33. The summed E-state index contributed by atoms with van der Waals surface area (Å²) < 4.78 is 19.1. The van der Waals surface area contributed by atoms with Gasteiger partial charge in [-0.05, 0) is 75.6 Å². The SMILES string of the molecule is CC(C)(C)OC(=O)NCC(C)(O)c1cc(C2CN(CCc3ccccc3)C2)cc(-c2ccc(F)c(Cl)c2)n1. The van der Waals surface area contributed by atoms with E-state index in [1.807, 2.05) is 18.2 Å². The zero-order valence-electron chi connectivity index (χ0n) is 22.3. The second-order valence-corrected chi connectivity index (χ2v) is 11.5. The summed E-state index contributed by atoms with van der Waals surface area (Å²) in [4.78, 5) is 19.3. The van der Waals surface area contributed by atoms with Gasteiger partial charge in [-0.25, -0.2) is 14.2 Å². The number of amides is 1. The van der Waals surface area contributed by atoms with E-state index in [9.17, 15) is 14.3 Å². The average Bonchev–Trinajstić information content (AvgIpc) is 2.83. The number of benzene rings is 2. The minimum atomic E-state index is -1.47. The van der Waals surface area contributed by atoms with Crippen molar-refractivity contribution in [2.75, 3.05) is 26.2 Å². The lowest BCUT2D eigenvalue weighted by molar-refractivity contribution is 0.0297. The first kappa shape index (κ1) is 28.0. The fourth-order valence-corrected chi connectivity index (χ4v) is 4.59. The molecule has 0 spiro atoms. The van der Waals surface area contributed by atoms with E-state index < -0.39 is 23.1 Å². The van der Waals surface area contributed by atoms with Crippen molar-refractivity contribution in [3.8, 4) is 11.3 Å². The number of aromatic nitrogens is 1. The van der Waals surface area contributed by atoms with Crippen molar-refractivity contribution in [3.05, 3.63) is 88.3 Å². The molecule has 2 heterocycles. The van der Waals surface area contributed by atoms with Crippen molar-refractivity contribution >= 4 is 17.7 Å². The number of nitrogens with one attached hydrogen (secondary N) is 1. The van der Waals surface area contributed by atoms with Gasteiger partial charge in [0.25, 0.3) is 0 Å². The minimum absolute atomic E-state index is 0.00494. The zero-order chi connectivity index (χ0) is 27.5. The molecule has 1 unspecified atom stereocenters. The smallest absolute Gasteiger partial charge is 0.407 e. The highest BCUT2D eigenvalue weighted by atomic mass is 35.5. The second-order valence-electron chi connectivity index (χ2n) is 11.1. The molecule has 38 heavy (non-hydrogen) atoms. The Morgan fingerprint density at radius 3 is 2.50 bits per heavy atom. The number of rotatable bonds is 8. The van der Waals surface area contributed by atoms with E-state index >= 15 is 0 Å². The van der Waals surface area contributed by atoms with Crippen molar-refractivity contribution in [3.63, 3.8) is 0 Å². The third kappa shape index (κ3) is 7.31. The third-order valence-electron chi connectivity index (χ3n) is 6.58. The molecule has 0 bridgehead atoms. The summed E-state index contributed by atoms with van der Waals surface area (Å²) in [6.45, 7) is 9.58. The Hall–Kier alpha value is -3.00. The molecule has 0 radical (unpaired) electrons. The van der Waals surface area contributed by atoms with Crippen molar-refractivity contribution in [1.82, 2.24) is 15.2 Å². The average molecular weight is 540 g/mol. The molecule has 3 aromatic rings. The maximum absolute atomic E-state index is 13.8. The normalized spacial score (nSPS) is 16.0. The van der Waals surface area contributed by atoms with Gasteiger partial charge in [0, 0.05) is 31.1 Å². The van der Waals surface area contributed by atoms with Crippen molar-refractivity contribution in [2.45, 2.75) is 51.2 Å². The summed E-state index contributed by atoms with van der Waals surface area (Å²) in [7, 11) is 0. The second kappa shape index (κ2) is 11.4. The number of ether oxygens (including phenoxy) is 1. The molecule has 0 saturated carbocycles. The third-order valence-corrected chi connectivity index (χ3v) is 6.87. The number of halogens is 2.